The Morgan fingerprint density at radius 2 is 1.96 bits per heavy atom. The van der Waals surface area contributed by atoms with E-state index in [1.165, 1.54) is 12.8 Å². The van der Waals surface area contributed by atoms with Gasteiger partial charge in [-0.25, -0.2) is 20.0 Å². The van der Waals surface area contributed by atoms with Crippen LogP contribution >= 0.6 is 0 Å². The lowest BCUT2D eigenvalue weighted by molar-refractivity contribution is 0.241. The molecule has 0 atom stereocenters. The Balaban J connectivity index is 1.69. The highest BCUT2D eigenvalue weighted by atomic mass is 15.7. The van der Waals surface area contributed by atoms with Crippen molar-refractivity contribution in [2.24, 2.45) is 0 Å². The highest BCUT2D eigenvalue weighted by Crippen LogP contribution is 2.30. The molecule has 4 rings (SSSR count). The number of hydrogen-bond donors (Lipinski definition) is 2. The van der Waals surface area contributed by atoms with Crippen LogP contribution in [-0.4, -0.2) is 47.2 Å². The van der Waals surface area contributed by atoms with Crippen molar-refractivity contribution in [1.82, 2.24) is 20.3 Å². The van der Waals surface area contributed by atoms with Crippen LogP contribution in [0.1, 0.15) is 31.2 Å². The van der Waals surface area contributed by atoms with Gasteiger partial charge < -0.3 is 10.6 Å². The van der Waals surface area contributed by atoms with Crippen LogP contribution in [0.5, 0.6) is 0 Å². The first-order chi connectivity index (χ1) is 13.3. The summed E-state index contributed by atoms with van der Waals surface area (Å²) in [5, 5.41) is 20.8. The summed E-state index contributed by atoms with van der Waals surface area (Å²) in [6.45, 7) is 3.60. The van der Waals surface area contributed by atoms with Crippen molar-refractivity contribution in [3.63, 3.8) is 0 Å². The number of piperazine rings is 1. The topological polar surface area (TPSA) is 80.1 Å². The van der Waals surface area contributed by atoms with Crippen molar-refractivity contribution in [2.75, 3.05) is 36.5 Å². The molecule has 0 amide bonds. The summed E-state index contributed by atoms with van der Waals surface area (Å²) in [6, 6.07) is 10.6. The number of hydrazine groups is 1. The molecular weight excluding hydrogens is 338 g/mol. The Bertz CT molecular complexity index is 790. The summed E-state index contributed by atoms with van der Waals surface area (Å²) in [4.78, 5) is 9.14. The zero-order chi connectivity index (χ0) is 18.5. The monoisotopic (exact) mass is 363 g/mol. The zero-order valence-corrected chi connectivity index (χ0v) is 15.4. The third-order valence-corrected chi connectivity index (χ3v) is 5.18. The van der Waals surface area contributed by atoms with Crippen LogP contribution in [0.25, 0.3) is 0 Å². The second-order valence-corrected chi connectivity index (χ2v) is 7.03. The van der Waals surface area contributed by atoms with Crippen LogP contribution in [0.4, 0.5) is 17.3 Å². The third-order valence-electron chi connectivity index (χ3n) is 5.18. The second kappa shape index (κ2) is 8.33. The minimum atomic E-state index is 0.440. The number of hydrogen-bond acceptors (Lipinski definition) is 7. The maximum absolute atomic E-state index is 9.51. The molecule has 2 N–H and O–H groups in total. The standard InChI is InChI=1S/C20H25N7/c21-14-16-15-24-20(13-18(16)25-17-5-1-2-6-17)27(19-7-3-4-8-23-19)26-11-9-22-10-12-26/h3-4,7-8,13,15,17,22H,1-2,5-6,9-12H2,(H,24,25). The predicted octanol–water partition coefficient (Wildman–Crippen LogP) is 2.66. The van der Waals surface area contributed by atoms with Crippen molar-refractivity contribution < 1.29 is 0 Å². The van der Waals surface area contributed by atoms with E-state index >= 15 is 0 Å². The Labute approximate surface area is 160 Å². The van der Waals surface area contributed by atoms with Gasteiger partial charge in [-0.3, -0.25) is 0 Å². The van der Waals surface area contributed by atoms with Crippen molar-refractivity contribution in [3.8, 4) is 6.07 Å². The fourth-order valence-corrected chi connectivity index (χ4v) is 3.80. The summed E-state index contributed by atoms with van der Waals surface area (Å²) in [7, 11) is 0. The lowest BCUT2D eigenvalue weighted by atomic mass is 10.2. The fraction of sp³-hybridized carbons (Fsp3) is 0.450. The van der Waals surface area contributed by atoms with Crippen molar-refractivity contribution in [2.45, 2.75) is 31.7 Å². The van der Waals surface area contributed by atoms with Crippen LogP contribution < -0.4 is 15.6 Å². The Kier molecular flexibility index (Phi) is 5.47. The average Bonchev–Trinajstić information content (AvgIpc) is 3.23. The molecule has 0 spiro atoms. The molecule has 2 aromatic heterocycles. The molecule has 1 aliphatic carbocycles. The summed E-state index contributed by atoms with van der Waals surface area (Å²) < 4.78 is 0. The first kappa shape index (κ1) is 17.7. The first-order valence-electron chi connectivity index (χ1n) is 9.68. The number of nitriles is 1. The summed E-state index contributed by atoms with van der Waals surface area (Å²) in [5.41, 5.74) is 1.46. The number of aromatic nitrogens is 2. The molecule has 0 bridgehead atoms. The lowest BCUT2D eigenvalue weighted by Crippen LogP contribution is -2.51. The molecular formula is C20H25N7. The maximum Gasteiger partial charge on any atom is 0.151 e. The van der Waals surface area contributed by atoms with Crippen LogP contribution in [0.3, 0.4) is 0 Å². The molecule has 3 heterocycles. The van der Waals surface area contributed by atoms with Gasteiger partial charge in [0, 0.05) is 50.7 Å². The SMILES string of the molecule is N#Cc1cnc(N(c2ccccn2)N2CCNCC2)cc1NC1CCCC1. The van der Waals surface area contributed by atoms with Gasteiger partial charge in [0.25, 0.3) is 0 Å². The predicted molar refractivity (Wildman–Crippen MR) is 106 cm³/mol. The number of rotatable bonds is 5. The Morgan fingerprint density at radius 3 is 2.67 bits per heavy atom. The van der Waals surface area contributed by atoms with Crippen molar-refractivity contribution in [1.29, 1.82) is 5.26 Å². The summed E-state index contributed by atoms with van der Waals surface area (Å²) >= 11 is 0. The van der Waals surface area contributed by atoms with Gasteiger partial charge in [0.2, 0.25) is 0 Å². The van der Waals surface area contributed by atoms with Gasteiger partial charge in [-0.2, -0.15) is 5.26 Å². The van der Waals surface area contributed by atoms with E-state index in [9.17, 15) is 5.26 Å². The van der Waals surface area contributed by atoms with Crippen LogP contribution in [0, 0.1) is 11.3 Å². The van der Waals surface area contributed by atoms with Crippen molar-refractivity contribution >= 4 is 17.3 Å². The minimum absolute atomic E-state index is 0.440. The molecule has 140 valence electrons. The van der Waals surface area contributed by atoms with Gasteiger partial charge in [-0.15, -0.1) is 0 Å². The molecule has 0 aromatic carbocycles. The van der Waals surface area contributed by atoms with E-state index in [-0.39, 0.29) is 0 Å². The van der Waals surface area contributed by atoms with Gasteiger partial charge in [0.15, 0.2) is 5.82 Å². The molecule has 7 nitrogen and oxygen atoms in total. The number of nitrogens with zero attached hydrogens (tertiary/aromatic N) is 5. The van der Waals surface area contributed by atoms with Crippen LogP contribution in [0.15, 0.2) is 36.7 Å². The molecule has 1 aliphatic heterocycles. The quantitative estimate of drug-likeness (QED) is 0.845. The second-order valence-electron chi connectivity index (χ2n) is 7.03. The number of nitrogens with one attached hydrogen (secondary N) is 2. The summed E-state index contributed by atoms with van der Waals surface area (Å²) in [6.07, 6.45) is 8.28. The highest BCUT2D eigenvalue weighted by molar-refractivity contribution is 5.66. The molecule has 0 unspecified atom stereocenters. The molecule has 2 aromatic rings. The number of pyridine rings is 2. The van der Waals surface area contributed by atoms with Crippen LogP contribution in [0.2, 0.25) is 0 Å². The van der Waals surface area contributed by atoms with Gasteiger partial charge in [-0.1, -0.05) is 18.9 Å². The normalized spacial score (nSPS) is 18.2. The van der Waals surface area contributed by atoms with E-state index in [2.05, 4.69) is 36.7 Å². The van der Waals surface area contributed by atoms with Crippen molar-refractivity contribution in [3.05, 3.63) is 42.2 Å². The molecule has 27 heavy (non-hydrogen) atoms. The van der Waals surface area contributed by atoms with Gasteiger partial charge >= 0.3 is 0 Å². The minimum Gasteiger partial charge on any atom is -0.381 e. The van der Waals surface area contributed by atoms with E-state index < -0.39 is 0 Å². The molecule has 1 saturated carbocycles. The average molecular weight is 363 g/mol. The van der Waals surface area contributed by atoms with E-state index in [4.69, 9.17) is 0 Å². The van der Waals surface area contributed by atoms with E-state index in [0.29, 0.717) is 11.6 Å². The fourth-order valence-electron chi connectivity index (χ4n) is 3.80. The Morgan fingerprint density at radius 1 is 1.15 bits per heavy atom. The highest BCUT2D eigenvalue weighted by Gasteiger charge is 2.24. The molecule has 2 aliphatic rings. The van der Waals surface area contributed by atoms with Crippen LogP contribution in [-0.2, 0) is 0 Å². The lowest BCUT2D eigenvalue weighted by Gasteiger charge is -2.37. The smallest absolute Gasteiger partial charge is 0.151 e. The zero-order valence-electron chi connectivity index (χ0n) is 15.4. The molecule has 2 fully saturated rings. The third kappa shape index (κ3) is 4.02. The molecule has 0 radical (unpaired) electrons. The largest absolute Gasteiger partial charge is 0.381 e. The van der Waals surface area contributed by atoms with Gasteiger partial charge in [0.05, 0.1) is 11.3 Å². The van der Waals surface area contributed by atoms with E-state index in [1.54, 1.807) is 12.4 Å². The van der Waals surface area contributed by atoms with Gasteiger partial charge in [0.1, 0.15) is 11.9 Å². The molecule has 7 heteroatoms. The maximum atomic E-state index is 9.51. The van der Waals surface area contributed by atoms with Gasteiger partial charge in [-0.05, 0) is 25.0 Å². The Hall–Kier alpha value is -2.69. The van der Waals surface area contributed by atoms with E-state index in [1.807, 2.05) is 24.3 Å². The molecule has 1 saturated heterocycles. The van der Waals surface area contributed by atoms with E-state index in [0.717, 1.165) is 56.3 Å². The summed E-state index contributed by atoms with van der Waals surface area (Å²) in [5.74, 6) is 1.62. The number of anilines is 3. The first-order valence-corrected chi connectivity index (χ1v) is 9.68.